The van der Waals surface area contributed by atoms with Gasteiger partial charge in [0.05, 0.1) is 35.8 Å². The summed E-state index contributed by atoms with van der Waals surface area (Å²) in [5, 5.41) is 10.8. The van der Waals surface area contributed by atoms with E-state index >= 15 is 0 Å². The minimum Gasteiger partial charge on any atom is -0.494 e. The highest BCUT2D eigenvalue weighted by Gasteiger charge is 2.74. The van der Waals surface area contributed by atoms with Gasteiger partial charge in [-0.3, -0.25) is 14.4 Å². The van der Waals surface area contributed by atoms with Gasteiger partial charge in [0.1, 0.15) is 11.8 Å². The summed E-state index contributed by atoms with van der Waals surface area (Å²) in [6, 6.07) is 15.8. The molecule has 9 heteroatoms. The smallest absolute Gasteiger partial charge is 0.247 e. The zero-order chi connectivity index (χ0) is 32.6. The summed E-state index contributed by atoms with van der Waals surface area (Å²) < 4.78 is 3.94. The first-order valence-electron chi connectivity index (χ1n) is 16.6. The van der Waals surface area contributed by atoms with E-state index in [2.05, 4.69) is 26.0 Å². The average molecular weight is 644 g/mol. The minimum atomic E-state index is -0.972. The van der Waals surface area contributed by atoms with Crippen LogP contribution >= 0.6 is 11.8 Å². The molecule has 1 spiro atoms. The van der Waals surface area contributed by atoms with Gasteiger partial charge in [-0.25, -0.2) is 0 Å². The number of hydrogen-bond acceptors (Lipinski definition) is 6. The summed E-state index contributed by atoms with van der Waals surface area (Å²) in [5.41, 5.74) is 1.71. The van der Waals surface area contributed by atoms with Crippen molar-refractivity contribution in [2.75, 3.05) is 31.2 Å². The van der Waals surface area contributed by atoms with Gasteiger partial charge in [-0.1, -0.05) is 68.0 Å². The number of likely N-dealkylation sites (tertiary alicyclic amines) is 1. The van der Waals surface area contributed by atoms with E-state index in [0.29, 0.717) is 26.1 Å². The predicted molar refractivity (Wildman–Crippen MR) is 182 cm³/mol. The highest BCUT2D eigenvalue weighted by atomic mass is 32.2. The third kappa shape index (κ3) is 5.35. The van der Waals surface area contributed by atoms with Crippen LogP contribution in [0.3, 0.4) is 0 Å². The van der Waals surface area contributed by atoms with Crippen molar-refractivity contribution in [2.24, 2.45) is 11.8 Å². The number of anilines is 1. The lowest BCUT2D eigenvalue weighted by Crippen LogP contribution is -2.58. The highest BCUT2D eigenvalue weighted by Crippen LogP contribution is 2.66. The molecule has 6 rings (SSSR count). The summed E-state index contributed by atoms with van der Waals surface area (Å²) in [7, 11) is 0. The van der Waals surface area contributed by atoms with Crippen molar-refractivity contribution in [3.63, 3.8) is 0 Å². The first kappa shape index (κ1) is 32.4. The second kappa shape index (κ2) is 12.9. The number of amides is 3. The third-order valence-corrected chi connectivity index (χ3v) is 11.9. The molecule has 7 atom stereocenters. The van der Waals surface area contributed by atoms with Crippen molar-refractivity contribution >= 4 is 35.2 Å². The molecular formula is C37H45N3O5S. The van der Waals surface area contributed by atoms with Crippen molar-refractivity contribution < 1.29 is 24.2 Å². The molecule has 2 unspecified atom stereocenters. The molecule has 0 radical (unpaired) electrons. The second-order valence-corrected chi connectivity index (χ2v) is 14.9. The standard InChI is InChI=1S/C37H45N3O5S/c1-5-12-25(3)38-21-11-20-37-31(34(43)40(32(37)35(38)44)28(24-41)23-26-13-8-7-9-14-26)30-33(42)39(22-10-19-36(30,4)46-37)27-15-17-29(18-16-27)45-6-2/h7-11,13-20,25,28,30-32,41H,5-6,12,21-24H2,1-4H3/t25?,28-,30+,31+,32?,36-,37+/m1/s1. The Bertz CT molecular complexity index is 1510. The van der Waals surface area contributed by atoms with E-state index in [1.165, 1.54) is 0 Å². The van der Waals surface area contributed by atoms with Gasteiger partial charge in [0, 0.05) is 29.6 Å². The van der Waals surface area contributed by atoms with E-state index in [9.17, 15) is 19.5 Å². The summed E-state index contributed by atoms with van der Waals surface area (Å²) in [6.45, 7) is 9.21. The largest absolute Gasteiger partial charge is 0.494 e. The van der Waals surface area contributed by atoms with Crippen LogP contribution in [-0.4, -0.2) is 86.6 Å². The van der Waals surface area contributed by atoms with Crippen LogP contribution in [0.2, 0.25) is 0 Å². The number of hydrogen-bond donors (Lipinski definition) is 1. The van der Waals surface area contributed by atoms with Gasteiger partial charge in [-0.2, -0.15) is 0 Å². The minimum absolute atomic E-state index is 0.0147. The van der Waals surface area contributed by atoms with Crippen LogP contribution in [-0.2, 0) is 20.8 Å². The Hall–Kier alpha value is -3.56. The zero-order valence-corrected chi connectivity index (χ0v) is 28.0. The Morgan fingerprint density at radius 2 is 1.65 bits per heavy atom. The highest BCUT2D eigenvalue weighted by molar-refractivity contribution is 8.02. The molecule has 4 heterocycles. The molecule has 1 N–H and O–H groups in total. The van der Waals surface area contributed by atoms with Gasteiger partial charge in [-0.05, 0) is 63.4 Å². The lowest BCUT2D eigenvalue weighted by Gasteiger charge is -2.41. The maximum absolute atomic E-state index is 15.0. The molecule has 2 fully saturated rings. The predicted octanol–water partition coefficient (Wildman–Crippen LogP) is 4.87. The molecule has 3 amide bonds. The molecule has 46 heavy (non-hydrogen) atoms. The monoisotopic (exact) mass is 643 g/mol. The van der Waals surface area contributed by atoms with E-state index in [0.717, 1.165) is 29.8 Å². The van der Waals surface area contributed by atoms with E-state index < -0.39 is 33.4 Å². The molecule has 244 valence electrons. The molecule has 0 aliphatic carbocycles. The number of aliphatic hydroxyl groups is 1. The fourth-order valence-corrected chi connectivity index (χ4v) is 10.2. The Labute approximate surface area is 276 Å². The van der Waals surface area contributed by atoms with Crippen LogP contribution in [0.25, 0.3) is 0 Å². The molecule has 4 aliphatic heterocycles. The first-order chi connectivity index (χ1) is 22.2. The molecule has 0 aromatic heterocycles. The molecule has 0 bridgehead atoms. The summed E-state index contributed by atoms with van der Waals surface area (Å²) >= 11 is 1.58. The van der Waals surface area contributed by atoms with Crippen LogP contribution in [0.15, 0.2) is 78.9 Å². The van der Waals surface area contributed by atoms with Gasteiger partial charge in [-0.15, -0.1) is 11.8 Å². The zero-order valence-electron chi connectivity index (χ0n) is 27.2. The molecule has 0 saturated carbocycles. The van der Waals surface area contributed by atoms with Gasteiger partial charge in [0.15, 0.2) is 0 Å². The fraction of sp³-hybridized carbons (Fsp3) is 0.486. The van der Waals surface area contributed by atoms with Crippen molar-refractivity contribution in [2.45, 2.75) is 74.6 Å². The van der Waals surface area contributed by atoms with Crippen molar-refractivity contribution in [3.05, 3.63) is 84.5 Å². The van der Waals surface area contributed by atoms with E-state index in [1.54, 1.807) is 21.6 Å². The first-order valence-corrected chi connectivity index (χ1v) is 17.4. The number of nitrogens with zero attached hydrogens (tertiary/aromatic N) is 3. The number of carbonyl (C=O) groups excluding carboxylic acids is 3. The quantitative estimate of drug-likeness (QED) is 0.372. The van der Waals surface area contributed by atoms with Gasteiger partial charge < -0.3 is 24.5 Å². The topological polar surface area (TPSA) is 90.4 Å². The summed E-state index contributed by atoms with van der Waals surface area (Å²) in [5.74, 6) is -1.24. The van der Waals surface area contributed by atoms with E-state index in [1.807, 2.05) is 85.5 Å². The number of aliphatic hydroxyl groups excluding tert-OH is 1. The number of fused-ring (bicyclic) bond motifs is 2. The molecule has 8 nitrogen and oxygen atoms in total. The van der Waals surface area contributed by atoms with Gasteiger partial charge in [0.2, 0.25) is 17.7 Å². The maximum Gasteiger partial charge on any atom is 0.247 e. The summed E-state index contributed by atoms with van der Waals surface area (Å²) in [4.78, 5) is 49.9. The normalized spacial score (nSPS) is 30.1. The fourth-order valence-electron chi connectivity index (χ4n) is 8.10. The summed E-state index contributed by atoms with van der Waals surface area (Å²) in [6.07, 6.45) is 10.3. The third-order valence-electron chi connectivity index (χ3n) is 10.1. The Kier molecular flexibility index (Phi) is 9.09. The van der Waals surface area contributed by atoms with Crippen LogP contribution < -0.4 is 9.64 Å². The maximum atomic E-state index is 15.0. The number of benzene rings is 2. The average Bonchev–Trinajstić information content (AvgIpc) is 3.32. The number of thioether (sulfide) groups is 1. The number of carbonyl (C=O) groups is 3. The molecule has 4 aliphatic rings. The molecule has 2 aromatic rings. The van der Waals surface area contributed by atoms with Gasteiger partial charge >= 0.3 is 0 Å². The lowest BCUT2D eigenvalue weighted by molar-refractivity contribution is -0.146. The van der Waals surface area contributed by atoms with Crippen LogP contribution in [0.4, 0.5) is 5.69 Å². The van der Waals surface area contributed by atoms with Crippen molar-refractivity contribution in [3.8, 4) is 5.75 Å². The second-order valence-electron chi connectivity index (χ2n) is 13.1. The van der Waals surface area contributed by atoms with Crippen LogP contribution in [0.5, 0.6) is 5.75 Å². The molecular weight excluding hydrogens is 598 g/mol. The Morgan fingerprint density at radius 3 is 2.33 bits per heavy atom. The van der Waals surface area contributed by atoms with Crippen molar-refractivity contribution in [1.29, 1.82) is 0 Å². The van der Waals surface area contributed by atoms with E-state index in [4.69, 9.17) is 4.74 Å². The number of ether oxygens (including phenoxy) is 1. The van der Waals surface area contributed by atoms with Gasteiger partial charge in [0.25, 0.3) is 0 Å². The van der Waals surface area contributed by atoms with Crippen molar-refractivity contribution in [1.82, 2.24) is 9.80 Å². The lowest BCUT2D eigenvalue weighted by atomic mass is 9.74. The van der Waals surface area contributed by atoms with Crippen LogP contribution in [0.1, 0.15) is 46.1 Å². The Morgan fingerprint density at radius 1 is 0.935 bits per heavy atom. The molecule has 2 saturated heterocycles. The van der Waals surface area contributed by atoms with Crippen LogP contribution in [0, 0.1) is 11.8 Å². The molecule has 2 aromatic carbocycles. The SMILES string of the molecule is CCCC(C)N1CC=C[C@]23S[C@]4(C)C=CCN(c5ccc(OCC)cc5)C(=O)[C@@H]4[C@H]2C(=O)N([C@@H](CO)Cc2ccccc2)C3C1=O. The number of rotatable bonds is 10. The Balaban J connectivity index is 1.45. The van der Waals surface area contributed by atoms with E-state index in [-0.39, 0.29) is 30.4 Å².